The van der Waals surface area contributed by atoms with Gasteiger partial charge in [0.25, 0.3) is 5.69 Å². The fourth-order valence-corrected chi connectivity index (χ4v) is 1.77. The minimum absolute atomic E-state index is 0.0873. The van der Waals surface area contributed by atoms with Gasteiger partial charge in [-0.15, -0.1) is 0 Å². The van der Waals surface area contributed by atoms with Crippen LogP contribution in [0.25, 0.3) is 0 Å². The van der Waals surface area contributed by atoms with Gasteiger partial charge in [0.05, 0.1) is 4.92 Å². The molecule has 0 saturated heterocycles. The first kappa shape index (κ1) is 16.3. The fourth-order valence-electron chi connectivity index (χ4n) is 1.77. The standard InChI is InChI=1S/C15H11F2NO5/c16-15(17)23-13-4-2-1-3-12(13)14(19)22-9-10-5-7-11(8-6-10)18(20)21/h1-8,15H,9H2. The molecule has 0 heterocycles. The molecule has 2 rings (SSSR count). The molecule has 8 heteroatoms. The minimum Gasteiger partial charge on any atom is -0.457 e. The van der Waals surface area contributed by atoms with E-state index in [1.54, 1.807) is 0 Å². The number of nitrogens with zero attached hydrogens (tertiary/aromatic N) is 1. The molecule has 2 aromatic carbocycles. The summed E-state index contributed by atoms with van der Waals surface area (Å²) in [6, 6.07) is 10.9. The first-order valence-electron chi connectivity index (χ1n) is 6.41. The molecule has 0 aliphatic carbocycles. The predicted molar refractivity (Wildman–Crippen MR) is 75.3 cm³/mol. The van der Waals surface area contributed by atoms with Gasteiger partial charge < -0.3 is 9.47 Å². The number of para-hydroxylation sites is 1. The molecule has 2 aromatic rings. The number of nitro benzene ring substituents is 1. The van der Waals surface area contributed by atoms with Gasteiger partial charge in [-0.2, -0.15) is 8.78 Å². The van der Waals surface area contributed by atoms with Gasteiger partial charge in [0.2, 0.25) is 0 Å². The minimum atomic E-state index is -3.06. The number of nitro groups is 1. The molecule has 0 aromatic heterocycles. The topological polar surface area (TPSA) is 78.7 Å². The number of non-ortho nitro benzene ring substituents is 1. The highest BCUT2D eigenvalue weighted by molar-refractivity contribution is 5.92. The van der Waals surface area contributed by atoms with E-state index in [1.165, 1.54) is 48.5 Å². The maximum Gasteiger partial charge on any atom is 0.387 e. The van der Waals surface area contributed by atoms with Crippen LogP contribution in [0.4, 0.5) is 14.5 Å². The van der Waals surface area contributed by atoms with E-state index in [2.05, 4.69) is 4.74 Å². The molecule has 0 atom stereocenters. The fraction of sp³-hybridized carbons (Fsp3) is 0.133. The summed E-state index contributed by atoms with van der Waals surface area (Å²) in [6.45, 7) is -3.21. The number of alkyl halides is 2. The molecule has 0 N–H and O–H groups in total. The lowest BCUT2D eigenvalue weighted by Gasteiger charge is -2.10. The number of ether oxygens (including phenoxy) is 2. The first-order valence-corrected chi connectivity index (χ1v) is 6.41. The smallest absolute Gasteiger partial charge is 0.387 e. The van der Waals surface area contributed by atoms with Crippen molar-refractivity contribution in [2.24, 2.45) is 0 Å². The van der Waals surface area contributed by atoms with E-state index in [9.17, 15) is 23.7 Å². The lowest BCUT2D eigenvalue weighted by atomic mass is 10.2. The summed E-state index contributed by atoms with van der Waals surface area (Å²) in [5.41, 5.74) is 0.307. The van der Waals surface area contributed by atoms with Crippen molar-refractivity contribution in [3.63, 3.8) is 0 Å². The van der Waals surface area contributed by atoms with Crippen molar-refractivity contribution in [2.75, 3.05) is 0 Å². The summed E-state index contributed by atoms with van der Waals surface area (Å²) in [4.78, 5) is 21.9. The zero-order valence-corrected chi connectivity index (χ0v) is 11.6. The Morgan fingerprint density at radius 1 is 1.13 bits per heavy atom. The van der Waals surface area contributed by atoms with Crippen LogP contribution >= 0.6 is 0 Å². The quantitative estimate of drug-likeness (QED) is 0.461. The van der Waals surface area contributed by atoms with Crippen molar-refractivity contribution in [1.29, 1.82) is 0 Å². The molecule has 0 amide bonds. The second kappa shape index (κ2) is 7.30. The van der Waals surface area contributed by atoms with Crippen LogP contribution in [0.5, 0.6) is 5.75 Å². The third-order valence-electron chi connectivity index (χ3n) is 2.84. The average Bonchev–Trinajstić information content (AvgIpc) is 2.53. The van der Waals surface area contributed by atoms with Gasteiger partial charge in [-0.05, 0) is 29.8 Å². The van der Waals surface area contributed by atoms with Crippen LogP contribution in [0, 0.1) is 10.1 Å². The molecule has 120 valence electrons. The van der Waals surface area contributed by atoms with Crippen LogP contribution in [-0.2, 0) is 11.3 Å². The molecule has 0 fully saturated rings. The predicted octanol–water partition coefficient (Wildman–Crippen LogP) is 3.55. The molecule has 6 nitrogen and oxygen atoms in total. The highest BCUT2D eigenvalue weighted by Crippen LogP contribution is 2.21. The number of rotatable bonds is 6. The number of carbonyl (C=O) groups excluding carboxylic acids is 1. The Balaban J connectivity index is 2.03. The van der Waals surface area contributed by atoms with E-state index in [0.29, 0.717) is 5.56 Å². The SMILES string of the molecule is O=C(OCc1ccc([N+](=O)[O-])cc1)c1ccccc1OC(F)F. The zero-order valence-electron chi connectivity index (χ0n) is 11.6. The largest absolute Gasteiger partial charge is 0.457 e. The molecule has 0 radical (unpaired) electrons. The maximum absolute atomic E-state index is 12.3. The second-order valence-corrected chi connectivity index (χ2v) is 4.37. The van der Waals surface area contributed by atoms with Gasteiger partial charge in [-0.3, -0.25) is 10.1 Å². The Bertz CT molecular complexity index is 703. The molecule has 0 unspecified atom stereocenters. The van der Waals surface area contributed by atoms with Crippen molar-refractivity contribution in [1.82, 2.24) is 0 Å². The summed E-state index contributed by atoms with van der Waals surface area (Å²) < 4.78 is 33.8. The monoisotopic (exact) mass is 323 g/mol. The van der Waals surface area contributed by atoms with Crippen LogP contribution in [0.1, 0.15) is 15.9 Å². The number of benzene rings is 2. The highest BCUT2D eigenvalue weighted by atomic mass is 19.3. The lowest BCUT2D eigenvalue weighted by Crippen LogP contribution is -2.10. The molecule has 0 saturated carbocycles. The van der Waals surface area contributed by atoms with Gasteiger partial charge in [0.15, 0.2) is 0 Å². The highest BCUT2D eigenvalue weighted by Gasteiger charge is 2.16. The number of carbonyl (C=O) groups is 1. The molecule has 0 spiro atoms. The third-order valence-corrected chi connectivity index (χ3v) is 2.84. The van der Waals surface area contributed by atoms with Crippen LogP contribution in [0.2, 0.25) is 0 Å². The number of hydrogen-bond donors (Lipinski definition) is 0. The van der Waals surface area contributed by atoms with Gasteiger partial charge in [0.1, 0.15) is 17.9 Å². The van der Waals surface area contributed by atoms with Crippen LogP contribution in [0.3, 0.4) is 0 Å². The van der Waals surface area contributed by atoms with Gasteiger partial charge >= 0.3 is 12.6 Å². The summed E-state index contributed by atoms with van der Waals surface area (Å²) in [6.07, 6.45) is 0. The van der Waals surface area contributed by atoms with Gasteiger partial charge in [-0.25, -0.2) is 4.79 Å². The number of esters is 1. The van der Waals surface area contributed by atoms with E-state index < -0.39 is 17.5 Å². The zero-order chi connectivity index (χ0) is 16.8. The number of hydrogen-bond acceptors (Lipinski definition) is 5. The molecule has 0 aliphatic rings. The van der Waals surface area contributed by atoms with E-state index >= 15 is 0 Å². The van der Waals surface area contributed by atoms with Crippen LogP contribution < -0.4 is 4.74 Å². The Morgan fingerprint density at radius 3 is 2.39 bits per heavy atom. The van der Waals surface area contributed by atoms with Crippen molar-refractivity contribution in [3.05, 3.63) is 69.8 Å². The first-order chi connectivity index (χ1) is 11.0. The van der Waals surface area contributed by atoms with Gasteiger partial charge in [-0.1, -0.05) is 12.1 Å². The Kier molecular flexibility index (Phi) is 5.19. The average molecular weight is 323 g/mol. The summed E-state index contributed by atoms with van der Waals surface area (Å²) >= 11 is 0. The number of halogens is 2. The second-order valence-electron chi connectivity index (χ2n) is 4.37. The van der Waals surface area contributed by atoms with Gasteiger partial charge in [0, 0.05) is 12.1 Å². The summed E-state index contributed by atoms with van der Waals surface area (Å²) in [7, 11) is 0. The molecule has 23 heavy (non-hydrogen) atoms. The van der Waals surface area contributed by atoms with E-state index in [0.717, 1.165) is 0 Å². The maximum atomic E-state index is 12.3. The van der Waals surface area contributed by atoms with Crippen molar-refractivity contribution in [3.8, 4) is 5.75 Å². The normalized spacial score (nSPS) is 10.4. The summed E-state index contributed by atoms with van der Waals surface area (Å²) in [5, 5.41) is 10.5. The Hall–Kier alpha value is -3.03. The third kappa shape index (κ3) is 4.47. The van der Waals surface area contributed by atoms with E-state index in [4.69, 9.17) is 4.74 Å². The van der Waals surface area contributed by atoms with Crippen molar-refractivity contribution in [2.45, 2.75) is 13.2 Å². The van der Waals surface area contributed by atoms with Crippen LogP contribution in [0.15, 0.2) is 48.5 Å². The molecular formula is C15H11F2NO5. The van der Waals surface area contributed by atoms with Crippen molar-refractivity contribution < 1.29 is 28.0 Å². The van der Waals surface area contributed by atoms with Crippen molar-refractivity contribution >= 4 is 11.7 Å². The molecule has 0 bridgehead atoms. The van der Waals surface area contributed by atoms with Crippen LogP contribution in [-0.4, -0.2) is 17.5 Å². The lowest BCUT2D eigenvalue weighted by molar-refractivity contribution is -0.384. The Labute approximate surface area is 129 Å². The van der Waals surface area contributed by atoms with E-state index in [1.807, 2.05) is 0 Å². The van der Waals surface area contributed by atoms with E-state index in [-0.39, 0.29) is 23.6 Å². The summed E-state index contributed by atoms with van der Waals surface area (Å²) in [5.74, 6) is -1.11. The Morgan fingerprint density at radius 2 is 1.78 bits per heavy atom. The molecular weight excluding hydrogens is 312 g/mol. The molecule has 0 aliphatic heterocycles.